The Balaban J connectivity index is 1.97. The molecule has 0 saturated heterocycles. The molecule has 9 heteroatoms. The molecule has 8 nitrogen and oxygen atoms in total. The van der Waals surface area contributed by atoms with E-state index >= 15 is 0 Å². The molecule has 0 atom stereocenters. The van der Waals surface area contributed by atoms with Crippen molar-refractivity contribution in [2.75, 3.05) is 11.9 Å². The number of hydrogen-bond donors (Lipinski definition) is 3. The first-order valence-electron chi connectivity index (χ1n) is 8.33. The fraction of sp³-hybridized carbons (Fsp3) is 0.158. The molecule has 0 radical (unpaired) electrons. The summed E-state index contributed by atoms with van der Waals surface area (Å²) in [5.74, 6) is -2.16. The summed E-state index contributed by atoms with van der Waals surface area (Å²) in [6.45, 7) is 1.69. The van der Waals surface area contributed by atoms with Crippen LogP contribution >= 0.6 is 11.6 Å². The van der Waals surface area contributed by atoms with Crippen molar-refractivity contribution in [3.05, 3.63) is 58.6 Å². The quantitative estimate of drug-likeness (QED) is 0.371. The molecule has 0 bridgehead atoms. The number of nitrogens with one attached hydrogen (secondary N) is 2. The molecule has 0 aromatic heterocycles. The van der Waals surface area contributed by atoms with Gasteiger partial charge in [0.1, 0.15) is 5.75 Å². The number of primary amides is 1. The molecule has 0 fully saturated rings. The van der Waals surface area contributed by atoms with E-state index in [-0.39, 0.29) is 6.61 Å². The van der Waals surface area contributed by atoms with Gasteiger partial charge in [-0.05, 0) is 42.3 Å². The van der Waals surface area contributed by atoms with Crippen molar-refractivity contribution < 1.29 is 19.1 Å². The molecule has 2 aromatic rings. The highest BCUT2D eigenvalue weighted by Gasteiger charge is 2.13. The summed E-state index contributed by atoms with van der Waals surface area (Å²) in [6.07, 6.45) is 2.11. The number of aryl methyl sites for hydroxylation is 1. The largest absolute Gasteiger partial charge is 0.483 e. The summed E-state index contributed by atoms with van der Waals surface area (Å²) < 4.78 is 5.24. The Morgan fingerprint density at radius 1 is 1.14 bits per heavy atom. The summed E-state index contributed by atoms with van der Waals surface area (Å²) in [5, 5.41) is 6.59. The molecule has 146 valence electrons. The zero-order valence-corrected chi connectivity index (χ0v) is 15.8. The fourth-order valence-electron chi connectivity index (χ4n) is 2.12. The van der Waals surface area contributed by atoms with Crippen molar-refractivity contribution in [2.24, 2.45) is 10.8 Å². The second kappa shape index (κ2) is 10.1. The first kappa shape index (κ1) is 20.9. The van der Waals surface area contributed by atoms with Crippen LogP contribution in [-0.4, -0.2) is 30.5 Å². The van der Waals surface area contributed by atoms with Crippen molar-refractivity contribution >= 4 is 41.2 Å². The van der Waals surface area contributed by atoms with Gasteiger partial charge in [0.05, 0.1) is 6.21 Å². The van der Waals surface area contributed by atoms with Gasteiger partial charge in [0.25, 0.3) is 5.91 Å². The molecular weight excluding hydrogens is 384 g/mol. The molecule has 0 spiro atoms. The zero-order valence-electron chi connectivity index (χ0n) is 15.1. The highest BCUT2D eigenvalue weighted by atomic mass is 35.5. The lowest BCUT2D eigenvalue weighted by Gasteiger charge is -2.07. The van der Waals surface area contributed by atoms with Crippen molar-refractivity contribution in [3.63, 3.8) is 0 Å². The van der Waals surface area contributed by atoms with Gasteiger partial charge < -0.3 is 15.8 Å². The maximum Gasteiger partial charge on any atom is 0.329 e. The van der Waals surface area contributed by atoms with E-state index in [1.54, 1.807) is 18.2 Å². The highest BCUT2D eigenvalue weighted by molar-refractivity contribution is 6.39. The SMILES string of the molecule is CCc1ccc(NC(=O)C(=O)N/N=C\c2cc(Cl)ccc2OCC(N)=O)cc1. The average Bonchev–Trinajstić information content (AvgIpc) is 2.67. The molecule has 2 aromatic carbocycles. The predicted octanol–water partition coefficient (Wildman–Crippen LogP) is 1.86. The molecule has 0 aliphatic carbocycles. The second-order valence-corrected chi connectivity index (χ2v) is 6.08. The number of ether oxygens (including phenoxy) is 1. The summed E-state index contributed by atoms with van der Waals surface area (Å²) in [6, 6.07) is 11.7. The topological polar surface area (TPSA) is 123 Å². The first-order valence-corrected chi connectivity index (χ1v) is 8.70. The van der Waals surface area contributed by atoms with Gasteiger partial charge in [-0.15, -0.1) is 0 Å². The Labute approximate surface area is 166 Å². The molecule has 0 aliphatic heterocycles. The van der Waals surface area contributed by atoms with E-state index in [0.717, 1.165) is 12.0 Å². The Morgan fingerprint density at radius 3 is 2.50 bits per heavy atom. The van der Waals surface area contributed by atoms with Gasteiger partial charge in [-0.1, -0.05) is 30.7 Å². The molecule has 2 rings (SSSR count). The van der Waals surface area contributed by atoms with Gasteiger partial charge in [0.15, 0.2) is 6.61 Å². The molecule has 0 aliphatic rings. The standard InChI is InChI=1S/C19H19ClN4O4/c1-2-12-3-6-15(7-4-12)23-18(26)19(27)24-22-10-13-9-14(20)5-8-16(13)28-11-17(21)25/h3-10H,2,11H2,1H3,(H2,21,25)(H,23,26)(H,24,27)/b22-10-. The van der Waals surface area contributed by atoms with Crippen LogP contribution in [0.25, 0.3) is 0 Å². The van der Waals surface area contributed by atoms with E-state index < -0.39 is 17.7 Å². The molecule has 0 unspecified atom stereocenters. The summed E-state index contributed by atoms with van der Waals surface area (Å²) in [4.78, 5) is 34.6. The summed E-state index contributed by atoms with van der Waals surface area (Å²) >= 11 is 5.92. The lowest BCUT2D eigenvalue weighted by Crippen LogP contribution is -2.32. The van der Waals surface area contributed by atoms with Crippen LogP contribution in [0.1, 0.15) is 18.1 Å². The van der Waals surface area contributed by atoms with Crippen LogP contribution < -0.4 is 21.2 Å². The van der Waals surface area contributed by atoms with Gasteiger partial charge >= 0.3 is 11.8 Å². The predicted molar refractivity (Wildman–Crippen MR) is 106 cm³/mol. The van der Waals surface area contributed by atoms with Crippen molar-refractivity contribution in [2.45, 2.75) is 13.3 Å². The van der Waals surface area contributed by atoms with Gasteiger partial charge in [0.2, 0.25) is 0 Å². The Bertz CT molecular complexity index is 897. The Kier molecular flexibility index (Phi) is 7.53. The van der Waals surface area contributed by atoms with E-state index in [0.29, 0.717) is 22.0 Å². The third kappa shape index (κ3) is 6.40. The van der Waals surface area contributed by atoms with Gasteiger partial charge in [-0.2, -0.15) is 5.10 Å². The van der Waals surface area contributed by atoms with Crippen molar-refractivity contribution in [1.82, 2.24) is 5.43 Å². The van der Waals surface area contributed by atoms with E-state index in [4.69, 9.17) is 22.1 Å². The van der Waals surface area contributed by atoms with E-state index in [2.05, 4.69) is 15.8 Å². The van der Waals surface area contributed by atoms with Crippen LogP contribution in [-0.2, 0) is 20.8 Å². The molecule has 0 saturated carbocycles. The van der Waals surface area contributed by atoms with Crippen LogP contribution in [0.4, 0.5) is 5.69 Å². The highest BCUT2D eigenvalue weighted by Crippen LogP contribution is 2.21. The normalized spacial score (nSPS) is 10.5. The number of carbonyl (C=O) groups is 3. The number of hydrogen-bond acceptors (Lipinski definition) is 5. The minimum Gasteiger partial charge on any atom is -0.483 e. The third-order valence-electron chi connectivity index (χ3n) is 3.54. The first-order chi connectivity index (χ1) is 13.4. The van der Waals surface area contributed by atoms with Gasteiger partial charge in [-0.3, -0.25) is 14.4 Å². The third-order valence-corrected chi connectivity index (χ3v) is 3.77. The Hall–Kier alpha value is -3.39. The van der Waals surface area contributed by atoms with Crippen molar-refractivity contribution in [1.29, 1.82) is 0 Å². The van der Waals surface area contributed by atoms with Crippen LogP contribution in [0.2, 0.25) is 5.02 Å². The second-order valence-electron chi connectivity index (χ2n) is 5.64. The molecule has 0 heterocycles. The number of nitrogens with two attached hydrogens (primary N) is 1. The zero-order chi connectivity index (χ0) is 20.5. The lowest BCUT2D eigenvalue weighted by atomic mass is 10.1. The maximum absolute atomic E-state index is 11.9. The number of benzene rings is 2. The van der Waals surface area contributed by atoms with E-state index in [9.17, 15) is 14.4 Å². The summed E-state index contributed by atoms with van der Waals surface area (Å²) in [7, 11) is 0. The van der Waals surface area contributed by atoms with Crippen LogP contribution in [0.3, 0.4) is 0 Å². The van der Waals surface area contributed by atoms with Crippen LogP contribution in [0.15, 0.2) is 47.6 Å². The lowest BCUT2D eigenvalue weighted by molar-refractivity contribution is -0.136. The number of rotatable bonds is 7. The van der Waals surface area contributed by atoms with Crippen LogP contribution in [0.5, 0.6) is 5.75 Å². The number of carbonyl (C=O) groups excluding carboxylic acids is 3. The fourth-order valence-corrected chi connectivity index (χ4v) is 2.30. The van der Waals surface area contributed by atoms with E-state index in [1.807, 2.05) is 19.1 Å². The number of hydrazone groups is 1. The number of anilines is 1. The van der Waals surface area contributed by atoms with Crippen LogP contribution in [0, 0.1) is 0 Å². The summed E-state index contributed by atoms with van der Waals surface area (Å²) in [5.41, 5.74) is 9.17. The van der Waals surface area contributed by atoms with Gasteiger partial charge in [0, 0.05) is 16.3 Å². The molecule has 3 amide bonds. The van der Waals surface area contributed by atoms with Crippen molar-refractivity contribution in [3.8, 4) is 5.75 Å². The minimum absolute atomic E-state index is 0.293. The monoisotopic (exact) mass is 402 g/mol. The van der Waals surface area contributed by atoms with E-state index in [1.165, 1.54) is 18.3 Å². The molecule has 4 N–H and O–H groups in total. The minimum atomic E-state index is -0.947. The average molecular weight is 403 g/mol. The smallest absolute Gasteiger partial charge is 0.329 e. The molecule has 28 heavy (non-hydrogen) atoms. The maximum atomic E-state index is 11.9. The van der Waals surface area contributed by atoms with Gasteiger partial charge in [-0.25, -0.2) is 5.43 Å². The number of amides is 3. The number of nitrogens with zero attached hydrogens (tertiary/aromatic N) is 1. The Morgan fingerprint density at radius 2 is 1.86 bits per heavy atom. The number of halogens is 1. The molecular formula is C19H19ClN4O4.